The SMILES string of the molecule is C[C@H](CNC(=S)NC(=O)C1CC1)NC(=S)NC(=O)C1CC1. The van der Waals surface area contributed by atoms with E-state index in [0.29, 0.717) is 16.8 Å². The zero-order chi connectivity index (χ0) is 15.4. The Balaban J connectivity index is 1.58. The highest BCUT2D eigenvalue weighted by Crippen LogP contribution is 2.29. The van der Waals surface area contributed by atoms with Crippen LogP contribution in [0.2, 0.25) is 0 Å². The van der Waals surface area contributed by atoms with E-state index < -0.39 is 0 Å². The standard InChI is InChI=1S/C13H20N4O2S2/c1-7(15-13(21)17-11(19)9-4-5-9)6-14-12(20)16-10(18)8-2-3-8/h7-9H,2-6H2,1H3,(H2,14,16,18,20)(H2,15,17,19,21)/t7-/m1/s1. The monoisotopic (exact) mass is 328 g/mol. The van der Waals surface area contributed by atoms with Crippen LogP contribution >= 0.6 is 24.4 Å². The summed E-state index contributed by atoms with van der Waals surface area (Å²) in [6.07, 6.45) is 3.78. The normalized spacial score (nSPS) is 18.3. The second-order valence-electron chi connectivity index (χ2n) is 5.61. The molecule has 0 aromatic heterocycles. The molecule has 0 aromatic carbocycles. The fraction of sp³-hybridized carbons (Fsp3) is 0.692. The Bertz CT molecular complexity index is 461. The molecular formula is C13H20N4O2S2. The largest absolute Gasteiger partial charge is 0.360 e. The van der Waals surface area contributed by atoms with Crippen molar-refractivity contribution in [3.8, 4) is 0 Å². The molecule has 0 saturated heterocycles. The number of carbonyl (C=O) groups excluding carboxylic acids is 2. The summed E-state index contributed by atoms with van der Waals surface area (Å²) in [5.41, 5.74) is 0. The first-order valence-corrected chi connectivity index (χ1v) is 7.97. The molecule has 0 unspecified atom stereocenters. The van der Waals surface area contributed by atoms with E-state index in [0.717, 1.165) is 25.7 Å². The first kappa shape index (κ1) is 16.1. The van der Waals surface area contributed by atoms with Gasteiger partial charge < -0.3 is 21.3 Å². The predicted molar refractivity (Wildman–Crippen MR) is 87.5 cm³/mol. The van der Waals surface area contributed by atoms with Gasteiger partial charge in [0, 0.05) is 24.4 Å². The predicted octanol–water partition coefficient (Wildman–Crippen LogP) is 0.176. The molecule has 6 nitrogen and oxygen atoms in total. The maximum atomic E-state index is 11.5. The molecule has 2 amide bonds. The van der Waals surface area contributed by atoms with Crippen molar-refractivity contribution in [1.82, 2.24) is 21.3 Å². The minimum atomic E-state index is -0.0206. The summed E-state index contributed by atoms with van der Waals surface area (Å²) in [5.74, 6) is 0.231. The highest BCUT2D eigenvalue weighted by molar-refractivity contribution is 7.80. The molecule has 2 aliphatic rings. The first-order chi connectivity index (χ1) is 9.95. The number of amides is 2. The van der Waals surface area contributed by atoms with E-state index in [1.165, 1.54) is 0 Å². The molecule has 0 radical (unpaired) electrons. The van der Waals surface area contributed by atoms with Crippen molar-refractivity contribution in [1.29, 1.82) is 0 Å². The van der Waals surface area contributed by atoms with Crippen molar-refractivity contribution in [2.24, 2.45) is 11.8 Å². The van der Waals surface area contributed by atoms with Crippen LogP contribution in [0.3, 0.4) is 0 Å². The van der Waals surface area contributed by atoms with E-state index in [4.69, 9.17) is 24.4 Å². The molecule has 2 fully saturated rings. The number of nitrogens with one attached hydrogen (secondary N) is 4. The van der Waals surface area contributed by atoms with Crippen LogP contribution in [0.1, 0.15) is 32.6 Å². The summed E-state index contributed by atoms with van der Waals surface area (Å²) < 4.78 is 0. The van der Waals surface area contributed by atoms with Crippen LogP contribution in [-0.4, -0.2) is 34.6 Å². The number of carbonyl (C=O) groups is 2. The van der Waals surface area contributed by atoms with Crippen molar-refractivity contribution < 1.29 is 9.59 Å². The molecule has 2 rings (SSSR count). The lowest BCUT2D eigenvalue weighted by atomic mass is 10.3. The van der Waals surface area contributed by atoms with Gasteiger partial charge in [0.05, 0.1) is 0 Å². The molecule has 2 saturated carbocycles. The smallest absolute Gasteiger partial charge is 0.229 e. The highest BCUT2D eigenvalue weighted by atomic mass is 32.1. The van der Waals surface area contributed by atoms with Crippen molar-refractivity contribution in [2.75, 3.05) is 6.54 Å². The van der Waals surface area contributed by atoms with Crippen molar-refractivity contribution in [3.63, 3.8) is 0 Å². The topological polar surface area (TPSA) is 82.3 Å². The van der Waals surface area contributed by atoms with Crippen LogP contribution in [0.25, 0.3) is 0 Å². The van der Waals surface area contributed by atoms with Crippen molar-refractivity contribution in [3.05, 3.63) is 0 Å². The Labute approximate surface area is 134 Å². The molecule has 21 heavy (non-hydrogen) atoms. The third-order valence-corrected chi connectivity index (χ3v) is 3.78. The van der Waals surface area contributed by atoms with Gasteiger partial charge in [-0.25, -0.2) is 0 Å². The molecule has 0 aromatic rings. The van der Waals surface area contributed by atoms with E-state index in [9.17, 15) is 9.59 Å². The van der Waals surface area contributed by atoms with Gasteiger partial charge in [-0.1, -0.05) is 0 Å². The first-order valence-electron chi connectivity index (χ1n) is 7.15. The van der Waals surface area contributed by atoms with Gasteiger partial charge in [0.15, 0.2) is 10.2 Å². The van der Waals surface area contributed by atoms with Crippen LogP contribution in [0.15, 0.2) is 0 Å². The summed E-state index contributed by atoms with van der Waals surface area (Å²) in [6.45, 7) is 2.41. The van der Waals surface area contributed by atoms with Crippen LogP contribution in [0.5, 0.6) is 0 Å². The van der Waals surface area contributed by atoms with E-state index in [-0.39, 0.29) is 29.7 Å². The summed E-state index contributed by atoms with van der Waals surface area (Å²) in [4.78, 5) is 23.0. The zero-order valence-electron chi connectivity index (χ0n) is 11.9. The summed E-state index contributed by atoms with van der Waals surface area (Å²) in [5, 5.41) is 11.9. The quantitative estimate of drug-likeness (QED) is 0.539. The second kappa shape index (κ2) is 7.13. The van der Waals surface area contributed by atoms with E-state index in [2.05, 4.69) is 21.3 Å². The van der Waals surface area contributed by atoms with Crippen LogP contribution < -0.4 is 21.3 Å². The number of hydrogen-bond donors (Lipinski definition) is 4. The Hall–Kier alpha value is -1.28. The minimum absolute atomic E-state index is 0.0136. The van der Waals surface area contributed by atoms with Gasteiger partial charge in [-0.15, -0.1) is 0 Å². The van der Waals surface area contributed by atoms with E-state index in [1.807, 2.05) is 6.92 Å². The molecule has 0 aliphatic heterocycles. The fourth-order valence-electron chi connectivity index (χ4n) is 1.72. The van der Waals surface area contributed by atoms with Gasteiger partial charge >= 0.3 is 0 Å². The van der Waals surface area contributed by atoms with Gasteiger partial charge in [0.1, 0.15) is 0 Å². The molecular weight excluding hydrogens is 308 g/mol. The minimum Gasteiger partial charge on any atom is -0.360 e. The van der Waals surface area contributed by atoms with E-state index in [1.54, 1.807) is 0 Å². The lowest BCUT2D eigenvalue weighted by molar-refractivity contribution is -0.121. The fourth-order valence-corrected chi connectivity index (χ4v) is 2.21. The maximum Gasteiger partial charge on any atom is 0.229 e. The van der Waals surface area contributed by atoms with Gasteiger partial charge in [0.25, 0.3) is 0 Å². The van der Waals surface area contributed by atoms with Crippen molar-refractivity contribution in [2.45, 2.75) is 38.6 Å². The second-order valence-corrected chi connectivity index (χ2v) is 6.43. The lowest BCUT2D eigenvalue weighted by Crippen LogP contribution is -2.49. The molecule has 4 N–H and O–H groups in total. The Morgan fingerprint density at radius 2 is 1.48 bits per heavy atom. The number of thiocarbonyl (C=S) groups is 2. The third kappa shape index (κ3) is 5.92. The number of rotatable bonds is 5. The highest BCUT2D eigenvalue weighted by Gasteiger charge is 2.30. The Morgan fingerprint density at radius 1 is 1.00 bits per heavy atom. The average molecular weight is 328 g/mol. The molecule has 0 heterocycles. The molecule has 2 aliphatic carbocycles. The third-order valence-electron chi connectivity index (χ3n) is 3.32. The zero-order valence-corrected chi connectivity index (χ0v) is 13.5. The van der Waals surface area contributed by atoms with Gasteiger partial charge in [-0.2, -0.15) is 0 Å². The lowest BCUT2D eigenvalue weighted by Gasteiger charge is -2.18. The summed E-state index contributed by atoms with van der Waals surface area (Å²) in [7, 11) is 0. The molecule has 8 heteroatoms. The Kier molecular flexibility index (Phi) is 5.46. The summed E-state index contributed by atoms with van der Waals surface area (Å²) in [6, 6.07) is -0.0206. The average Bonchev–Trinajstić information content (AvgIpc) is 3.29. The van der Waals surface area contributed by atoms with Crippen LogP contribution in [0, 0.1) is 11.8 Å². The van der Waals surface area contributed by atoms with Gasteiger partial charge in [-0.05, 0) is 57.0 Å². The molecule has 0 spiro atoms. The Morgan fingerprint density at radius 3 is 1.95 bits per heavy atom. The molecule has 116 valence electrons. The van der Waals surface area contributed by atoms with Gasteiger partial charge in [-0.3, -0.25) is 9.59 Å². The van der Waals surface area contributed by atoms with Crippen molar-refractivity contribution >= 4 is 46.5 Å². The van der Waals surface area contributed by atoms with Crippen LogP contribution in [-0.2, 0) is 9.59 Å². The number of hydrogen-bond acceptors (Lipinski definition) is 4. The molecule has 0 bridgehead atoms. The van der Waals surface area contributed by atoms with Gasteiger partial charge in [0.2, 0.25) is 11.8 Å². The van der Waals surface area contributed by atoms with E-state index >= 15 is 0 Å². The molecule has 1 atom stereocenters. The summed E-state index contributed by atoms with van der Waals surface area (Å²) >= 11 is 10.1. The maximum absolute atomic E-state index is 11.5. The van der Waals surface area contributed by atoms with Crippen LogP contribution in [0.4, 0.5) is 0 Å².